The maximum absolute atomic E-state index is 12.2. The molecule has 0 saturated carbocycles. The van der Waals surface area contributed by atoms with E-state index in [4.69, 9.17) is 0 Å². The maximum Gasteiger partial charge on any atom is 0.257 e. The number of thiazole rings is 1. The number of nitrogens with zero attached hydrogens (tertiary/aromatic N) is 1. The number of hydrogen-bond acceptors (Lipinski definition) is 7. The number of halogens is 1. The average molecular weight is 423 g/mol. The van der Waals surface area contributed by atoms with Crippen molar-refractivity contribution in [3.8, 4) is 34.3 Å². The average Bonchev–Trinajstić information content (AvgIpc) is 2.93. The van der Waals surface area contributed by atoms with E-state index in [-0.39, 0.29) is 22.8 Å². The van der Waals surface area contributed by atoms with E-state index in [0.717, 1.165) is 6.07 Å². The highest BCUT2D eigenvalue weighted by Gasteiger charge is 2.16. The van der Waals surface area contributed by atoms with Crippen molar-refractivity contribution in [2.75, 3.05) is 5.32 Å². The number of phenols is 4. The first kappa shape index (κ1) is 17.1. The minimum Gasteiger partial charge on any atom is -0.504 e. The number of hydrogen-bond donors (Lipinski definition) is 5. The summed E-state index contributed by atoms with van der Waals surface area (Å²) in [6.45, 7) is 0. The highest BCUT2D eigenvalue weighted by molar-refractivity contribution is 9.11. The van der Waals surface area contributed by atoms with Gasteiger partial charge in [-0.1, -0.05) is 11.3 Å². The van der Waals surface area contributed by atoms with Gasteiger partial charge in [-0.15, -0.1) is 0 Å². The molecular formula is C16H11BrN2O5S. The molecule has 2 aromatic carbocycles. The number of carbonyl (C=O) groups excluding carboxylic acids is 1. The number of aromatic nitrogens is 1. The van der Waals surface area contributed by atoms with Crippen LogP contribution >= 0.6 is 27.3 Å². The van der Waals surface area contributed by atoms with Gasteiger partial charge in [0.2, 0.25) is 0 Å². The third-order valence-electron chi connectivity index (χ3n) is 3.29. The molecule has 0 radical (unpaired) electrons. The Bertz CT molecular complexity index is 973. The van der Waals surface area contributed by atoms with Crippen LogP contribution in [0.1, 0.15) is 10.4 Å². The topological polar surface area (TPSA) is 123 Å². The van der Waals surface area contributed by atoms with Crippen molar-refractivity contribution in [1.29, 1.82) is 0 Å². The smallest absolute Gasteiger partial charge is 0.257 e. The Morgan fingerprint density at radius 1 is 0.960 bits per heavy atom. The molecule has 3 aromatic rings. The van der Waals surface area contributed by atoms with E-state index in [0.29, 0.717) is 20.2 Å². The summed E-state index contributed by atoms with van der Waals surface area (Å²) in [5.41, 5.74) is 1.20. The molecule has 3 rings (SSSR count). The Morgan fingerprint density at radius 3 is 2.24 bits per heavy atom. The fourth-order valence-electron chi connectivity index (χ4n) is 2.04. The SMILES string of the molecule is O=C(Nc1nc(-c2ccc(O)c(O)c2)c(Br)s1)c1ccc(O)c(O)c1. The van der Waals surface area contributed by atoms with Crippen molar-refractivity contribution in [1.82, 2.24) is 4.98 Å². The second-order valence-corrected chi connectivity index (χ2v) is 7.32. The van der Waals surface area contributed by atoms with Crippen molar-refractivity contribution in [3.05, 3.63) is 45.7 Å². The van der Waals surface area contributed by atoms with Crippen LogP contribution in [0.25, 0.3) is 11.3 Å². The van der Waals surface area contributed by atoms with E-state index in [2.05, 4.69) is 26.2 Å². The molecule has 0 spiro atoms. The van der Waals surface area contributed by atoms with Crippen LogP contribution in [0.15, 0.2) is 40.2 Å². The van der Waals surface area contributed by atoms with Gasteiger partial charge in [0.05, 0.1) is 9.48 Å². The third-order valence-corrected chi connectivity index (χ3v) is 4.91. The third kappa shape index (κ3) is 3.52. The summed E-state index contributed by atoms with van der Waals surface area (Å²) < 4.78 is 0.626. The molecule has 0 aliphatic rings. The first-order valence-electron chi connectivity index (χ1n) is 6.87. The lowest BCUT2D eigenvalue weighted by Gasteiger charge is -2.03. The van der Waals surface area contributed by atoms with Gasteiger partial charge in [0.25, 0.3) is 5.91 Å². The van der Waals surface area contributed by atoms with Crippen LogP contribution in [0.4, 0.5) is 5.13 Å². The molecule has 5 N–H and O–H groups in total. The van der Waals surface area contributed by atoms with Crippen LogP contribution in [0.5, 0.6) is 23.0 Å². The largest absolute Gasteiger partial charge is 0.504 e. The first-order valence-corrected chi connectivity index (χ1v) is 8.48. The number of benzene rings is 2. The van der Waals surface area contributed by atoms with Crippen molar-refractivity contribution in [3.63, 3.8) is 0 Å². The zero-order valence-corrected chi connectivity index (χ0v) is 14.8. The predicted octanol–water partition coefficient (Wildman–Crippen LogP) is 3.65. The van der Waals surface area contributed by atoms with E-state index in [9.17, 15) is 25.2 Å². The van der Waals surface area contributed by atoms with Crippen LogP contribution in [0, 0.1) is 0 Å². The fourth-order valence-corrected chi connectivity index (χ4v) is 3.53. The number of carbonyl (C=O) groups is 1. The molecule has 1 heterocycles. The second kappa shape index (κ2) is 6.61. The molecule has 7 nitrogen and oxygen atoms in total. The van der Waals surface area contributed by atoms with Crippen molar-refractivity contribution >= 4 is 38.3 Å². The zero-order valence-electron chi connectivity index (χ0n) is 12.4. The van der Waals surface area contributed by atoms with Crippen molar-refractivity contribution < 1.29 is 25.2 Å². The van der Waals surface area contributed by atoms with E-state index in [1.165, 1.54) is 35.6 Å². The normalized spacial score (nSPS) is 10.6. The minimum atomic E-state index is -0.503. The number of amides is 1. The number of nitrogens with one attached hydrogen (secondary N) is 1. The Labute approximate surface area is 154 Å². The highest BCUT2D eigenvalue weighted by atomic mass is 79.9. The second-order valence-electron chi connectivity index (χ2n) is 5.00. The summed E-state index contributed by atoms with van der Waals surface area (Å²) in [7, 11) is 0. The van der Waals surface area contributed by atoms with E-state index >= 15 is 0 Å². The number of phenolic OH excluding ortho intramolecular Hbond substituents is 4. The molecule has 0 aliphatic carbocycles. The molecule has 0 unspecified atom stereocenters. The molecule has 128 valence electrons. The Hall–Kier alpha value is -2.78. The molecule has 0 bridgehead atoms. The minimum absolute atomic E-state index is 0.158. The quantitative estimate of drug-likeness (QED) is 0.410. The monoisotopic (exact) mass is 422 g/mol. The fraction of sp³-hybridized carbons (Fsp3) is 0. The predicted molar refractivity (Wildman–Crippen MR) is 96.3 cm³/mol. The van der Waals surface area contributed by atoms with Crippen LogP contribution in [0.3, 0.4) is 0 Å². The molecule has 0 saturated heterocycles. The van der Waals surface area contributed by atoms with Gasteiger partial charge in [0.15, 0.2) is 28.1 Å². The molecule has 25 heavy (non-hydrogen) atoms. The van der Waals surface area contributed by atoms with Crippen molar-refractivity contribution in [2.45, 2.75) is 0 Å². The van der Waals surface area contributed by atoms with Gasteiger partial charge < -0.3 is 20.4 Å². The summed E-state index contributed by atoms with van der Waals surface area (Å²) in [6.07, 6.45) is 0. The molecule has 1 aromatic heterocycles. The Kier molecular flexibility index (Phi) is 4.51. The van der Waals surface area contributed by atoms with Gasteiger partial charge in [-0.2, -0.15) is 0 Å². The standard InChI is InChI=1S/C16H11BrN2O5S/c17-14-13(7-1-3-9(20)11(22)5-7)18-16(25-14)19-15(24)8-2-4-10(21)12(23)6-8/h1-6,20-23H,(H,18,19,24). The molecule has 0 fully saturated rings. The highest BCUT2D eigenvalue weighted by Crippen LogP contribution is 2.38. The van der Waals surface area contributed by atoms with Crippen LogP contribution in [-0.4, -0.2) is 31.3 Å². The number of rotatable bonds is 3. The van der Waals surface area contributed by atoms with Gasteiger partial charge in [-0.3, -0.25) is 10.1 Å². The maximum atomic E-state index is 12.2. The molecular weight excluding hydrogens is 412 g/mol. The van der Waals surface area contributed by atoms with E-state index in [1.807, 2.05) is 0 Å². The van der Waals surface area contributed by atoms with Gasteiger partial charge >= 0.3 is 0 Å². The first-order chi connectivity index (χ1) is 11.8. The van der Waals surface area contributed by atoms with Crippen molar-refractivity contribution in [2.24, 2.45) is 0 Å². The van der Waals surface area contributed by atoms with Crippen LogP contribution in [-0.2, 0) is 0 Å². The lowest BCUT2D eigenvalue weighted by atomic mass is 10.1. The van der Waals surface area contributed by atoms with E-state index in [1.54, 1.807) is 6.07 Å². The summed E-state index contributed by atoms with van der Waals surface area (Å²) in [5.74, 6) is -1.73. The lowest BCUT2D eigenvalue weighted by Crippen LogP contribution is -2.11. The summed E-state index contributed by atoms with van der Waals surface area (Å²) in [4.78, 5) is 16.5. The Morgan fingerprint density at radius 2 is 1.60 bits per heavy atom. The number of anilines is 1. The molecule has 0 atom stereocenters. The molecule has 9 heteroatoms. The zero-order chi connectivity index (χ0) is 18.1. The molecule has 1 amide bonds. The van der Waals surface area contributed by atoms with E-state index < -0.39 is 11.7 Å². The van der Waals surface area contributed by atoms with Gasteiger partial charge in [0.1, 0.15) is 0 Å². The van der Waals surface area contributed by atoms with Gasteiger partial charge in [-0.05, 0) is 52.3 Å². The Balaban J connectivity index is 1.85. The van der Waals surface area contributed by atoms with Gasteiger partial charge in [-0.25, -0.2) is 4.98 Å². The number of aromatic hydroxyl groups is 4. The van der Waals surface area contributed by atoms with Gasteiger partial charge in [0, 0.05) is 11.1 Å². The van der Waals surface area contributed by atoms with Crippen LogP contribution < -0.4 is 5.32 Å². The van der Waals surface area contributed by atoms with Crippen LogP contribution in [0.2, 0.25) is 0 Å². The summed E-state index contributed by atoms with van der Waals surface area (Å²) in [6, 6.07) is 8.01. The lowest BCUT2D eigenvalue weighted by molar-refractivity contribution is 0.102. The summed E-state index contributed by atoms with van der Waals surface area (Å²) >= 11 is 4.52. The molecule has 0 aliphatic heterocycles. The summed E-state index contributed by atoms with van der Waals surface area (Å²) in [5, 5.41) is 40.6.